The molecule has 0 aliphatic carbocycles. The van der Waals surface area contributed by atoms with Gasteiger partial charge in [-0.25, -0.2) is 29.1 Å². The number of halogens is 2. The predicted molar refractivity (Wildman–Crippen MR) is 507 cm³/mol. The third kappa shape index (κ3) is 23.3. The number of aromatic nitrogens is 6. The third-order valence-corrected chi connectivity index (χ3v) is 27.4. The Hall–Kier alpha value is -12.4. The highest BCUT2D eigenvalue weighted by Crippen LogP contribution is 2.46. The lowest BCUT2D eigenvalue weighted by atomic mass is 9.83. The van der Waals surface area contributed by atoms with Gasteiger partial charge in [-0.3, -0.25) is 19.2 Å². The average molecular weight is 1930 g/mol. The second kappa shape index (κ2) is 46.4. The van der Waals surface area contributed by atoms with Gasteiger partial charge in [-0.05, 0) is 162 Å². The topological polar surface area (TPSA) is 338 Å². The highest BCUT2D eigenvalue weighted by atomic mass is 35.5. The van der Waals surface area contributed by atoms with Crippen molar-refractivity contribution in [3.05, 3.63) is 270 Å². The summed E-state index contributed by atoms with van der Waals surface area (Å²) in [7, 11) is 6.32. The van der Waals surface area contributed by atoms with Crippen molar-refractivity contribution in [2.24, 2.45) is 0 Å². The molecule has 712 valence electrons. The number of carbonyl (C=O) groups is 8. The number of fused-ring (bicyclic) bond motifs is 2. The molecule has 10 aromatic rings. The number of pyridine rings is 2. The predicted octanol–water partition coefficient (Wildman–Crippen LogP) is 16.9. The molecule has 8 aliphatic rings. The zero-order valence-electron chi connectivity index (χ0n) is 77.0. The second-order valence-corrected chi connectivity index (χ2v) is 35.7. The number of esters is 4. The summed E-state index contributed by atoms with van der Waals surface area (Å²) in [6, 6.07) is 48.1. The van der Waals surface area contributed by atoms with Crippen LogP contribution in [0.2, 0.25) is 10.3 Å². The third-order valence-electron chi connectivity index (χ3n) is 25.7. The molecule has 8 aliphatic heterocycles. The Balaban J connectivity index is 0.000000138. The van der Waals surface area contributed by atoms with Crippen LogP contribution in [0.3, 0.4) is 0 Å². The minimum Gasteiger partial charge on any atom is -0.496 e. The maximum absolute atomic E-state index is 13.6. The van der Waals surface area contributed by atoms with E-state index >= 15 is 0 Å². The zero-order valence-corrected chi connectivity index (χ0v) is 80.1. The number of hydrogen-bond donors (Lipinski definition) is 0. The minimum absolute atomic E-state index is 0.0197. The van der Waals surface area contributed by atoms with E-state index in [-0.39, 0.29) is 110 Å². The molecule has 0 N–H and O–H groups in total. The summed E-state index contributed by atoms with van der Waals surface area (Å²) >= 11 is 15.0. The van der Waals surface area contributed by atoms with Gasteiger partial charge in [0.25, 0.3) is 0 Å². The molecule has 136 heavy (non-hydrogen) atoms. The molecule has 4 aromatic heterocycles. The molecule has 0 bridgehead atoms. The Labute approximate surface area is 806 Å². The number of hydrogen-bond acceptors (Lipinski definition) is 28. The Bertz CT molecular complexity index is 5790. The molecule has 34 heteroatoms. The molecular formula is C102H108Cl2N10O20S2. The lowest BCUT2D eigenvalue weighted by Gasteiger charge is -2.35. The van der Waals surface area contributed by atoms with Gasteiger partial charge in [0.05, 0.1) is 125 Å². The summed E-state index contributed by atoms with van der Waals surface area (Å²) in [5, 5.41) is 0.538. The maximum Gasteiger partial charge on any atom is 0.336 e. The van der Waals surface area contributed by atoms with Gasteiger partial charge in [0.1, 0.15) is 81.8 Å². The number of nitrogens with zero attached hydrogens (tertiary/aromatic N) is 10. The van der Waals surface area contributed by atoms with E-state index in [9.17, 15) is 38.4 Å². The van der Waals surface area contributed by atoms with Crippen LogP contribution in [0.25, 0.3) is 22.1 Å². The van der Waals surface area contributed by atoms with Gasteiger partial charge in [0.15, 0.2) is 0 Å². The van der Waals surface area contributed by atoms with Crippen LogP contribution in [-0.4, -0.2) is 200 Å². The Morgan fingerprint density at radius 3 is 0.882 bits per heavy atom. The Morgan fingerprint density at radius 1 is 0.353 bits per heavy atom. The molecule has 0 spiro atoms. The van der Waals surface area contributed by atoms with Gasteiger partial charge in [-0.2, -0.15) is 17.5 Å². The van der Waals surface area contributed by atoms with E-state index in [0.717, 1.165) is 130 Å². The first-order chi connectivity index (χ1) is 66.1. The smallest absolute Gasteiger partial charge is 0.336 e. The minimum atomic E-state index is -0.537. The highest BCUT2D eigenvalue weighted by Gasteiger charge is 2.45. The number of para-hydroxylation sites is 4. The Morgan fingerprint density at radius 2 is 0.618 bits per heavy atom. The molecule has 0 radical (unpaired) electrons. The molecule has 0 saturated carbocycles. The fourth-order valence-corrected chi connectivity index (χ4v) is 20.1. The van der Waals surface area contributed by atoms with Crippen LogP contribution < -0.4 is 18.9 Å². The molecule has 12 heterocycles. The van der Waals surface area contributed by atoms with E-state index in [2.05, 4.69) is 27.5 Å². The van der Waals surface area contributed by atoms with Crippen molar-refractivity contribution in [1.29, 1.82) is 0 Å². The lowest BCUT2D eigenvalue weighted by Crippen LogP contribution is -2.42. The normalized spacial score (nSPS) is 20.7. The van der Waals surface area contributed by atoms with E-state index < -0.39 is 47.5 Å². The molecule has 4 amide bonds. The fourth-order valence-electron chi connectivity index (χ4n) is 18.6. The first-order valence-electron chi connectivity index (χ1n) is 45.4. The molecule has 0 unspecified atom stereocenters. The number of allylic oxidation sites excluding steroid dienone is 4. The molecule has 4 saturated heterocycles. The maximum atomic E-state index is 13.6. The van der Waals surface area contributed by atoms with Crippen molar-refractivity contribution in [2.45, 2.75) is 179 Å². The molecule has 4 fully saturated rings. The van der Waals surface area contributed by atoms with Gasteiger partial charge in [0.2, 0.25) is 23.6 Å². The van der Waals surface area contributed by atoms with Crippen LogP contribution in [0, 0.1) is 0 Å². The summed E-state index contributed by atoms with van der Waals surface area (Å²) in [6.45, 7) is 11.9. The Kier molecular flexibility index (Phi) is 33.5. The van der Waals surface area contributed by atoms with Crippen molar-refractivity contribution in [1.82, 2.24) is 47.1 Å². The summed E-state index contributed by atoms with van der Waals surface area (Å²) in [4.78, 5) is 122. The summed E-state index contributed by atoms with van der Waals surface area (Å²) in [6.07, 6.45) is 11.1. The zero-order chi connectivity index (χ0) is 95.5. The summed E-state index contributed by atoms with van der Waals surface area (Å²) in [5.41, 5.74) is 13.3. The second-order valence-electron chi connectivity index (χ2n) is 33.9. The van der Waals surface area contributed by atoms with Crippen LogP contribution >= 0.6 is 46.7 Å². The first kappa shape index (κ1) is 98.1. The SMILES string of the molecule is COc1ccccc1COC(=O)C1=C(C)N(C[C@@H]2CCCO2)C(=O)C[C@@H]1c1ccc2nsnc2c1.COc1ccccc1COC(=O)C1=C(C)N(C[C@@H]2CCCO2)C(=O)C[C@@H]1c1cccnc1Cl.COc1ccccc1COC(=O)C1=C(C)N(C[C@H]2CCCO2)C(=O)C[C@H]1c1ccc2nsnc2c1.COc1ccccc1COC(=O)C1=C(C)N(C[C@H]2CCCO2)C(=O)C[C@H]1c1cccnc1Cl. The lowest BCUT2D eigenvalue weighted by molar-refractivity contribution is -0.143. The number of carbonyl (C=O) groups excluding carboxylic acids is 8. The van der Waals surface area contributed by atoms with E-state index in [1.165, 1.54) is 0 Å². The van der Waals surface area contributed by atoms with Gasteiger partial charge in [0, 0.05) is 133 Å². The first-order valence-corrected chi connectivity index (χ1v) is 47.6. The molecule has 18 rings (SSSR count). The standard InChI is InChI=1S/2C26H27N3O5S.2C25H27ClN2O5/c2*1-16-25(26(31)34-15-18-6-3-4-8-23(18)32-2)20(17-9-10-21-22(12-17)28-35-27-21)13-24(30)29(16)14-19-7-5-11-33-19;2*1-16-23(25(30)33-15-17-7-3-4-10-21(17)31-2)20(19-9-5-11-27-24(19)26)13-22(29)28(16)14-18-8-6-12-32-18/h2*3-4,6,8-10,12,19-20H,5,7,11,13-15H2,1-2H3;2*3-5,7,9-11,18,20H,6,8,12-15H2,1-2H3/t2*19-,20+;2*18-,20+/m1010/s1. The quantitative estimate of drug-likeness (QED) is 0.0250. The van der Waals surface area contributed by atoms with E-state index in [4.69, 9.17) is 80.0 Å². The van der Waals surface area contributed by atoms with Crippen LogP contribution in [0.5, 0.6) is 23.0 Å². The highest BCUT2D eigenvalue weighted by molar-refractivity contribution is 7.00. The molecule has 6 aromatic carbocycles. The molecule has 8 atom stereocenters. The number of benzene rings is 6. The van der Waals surface area contributed by atoms with Gasteiger partial charge in [-0.15, -0.1) is 0 Å². The van der Waals surface area contributed by atoms with Crippen LogP contribution in [0.15, 0.2) is 215 Å². The van der Waals surface area contributed by atoms with Crippen LogP contribution in [-0.2, 0) is 103 Å². The van der Waals surface area contributed by atoms with Crippen molar-refractivity contribution in [3.8, 4) is 23.0 Å². The van der Waals surface area contributed by atoms with Crippen LogP contribution in [0.1, 0.15) is 173 Å². The van der Waals surface area contributed by atoms with E-state index in [1.54, 1.807) is 98.5 Å². The van der Waals surface area contributed by atoms with Gasteiger partial charge < -0.3 is 76.4 Å². The number of ether oxygens (including phenoxy) is 12. The van der Waals surface area contributed by atoms with Crippen molar-refractivity contribution in [2.75, 3.05) is 81.0 Å². The number of amides is 4. The van der Waals surface area contributed by atoms with Crippen LogP contribution in [0.4, 0.5) is 0 Å². The number of methoxy groups -OCH3 is 4. The van der Waals surface area contributed by atoms with Crippen molar-refractivity contribution >= 4 is 116 Å². The average Bonchev–Trinajstić information content (AvgIpc) is 0.937. The largest absolute Gasteiger partial charge is 0.496 e. The molecular weight excluding hydrogens is 1820 g/mol. The van der Waals surface area contributed by atoms with Crippen molar-refractivity contribution < 1.29 is 95.2 Å². The molecule has 30 nitrogen and oxygen atoms in total. The van der Waals surface area contributed by atoms with Gasteiger partial charge >= 0.3 is 23.9 Å². The summed E-state index contributed by atoms with van der Waals surface area (Å²) in [5.74, 6) is -1.42. The number of rotatable bonds is 28. The van der Waals surface area contributed by atoms with E-state index in [0.29, 0.717) is 132 Å². The monoisotopic (exact) mass is 1930 g/mol. The van der Waals surface area contributed by atoms with E-state index in [1.807, 2.05) is 147 Å². The summed E-state index contributed by atoms with van der Waals surface area (Å²) < 4.78 is 84.7. The fraction of sp³-hybridized carbons (Fsp3) is 0.392. The van der Waals surface area contributed by atoms with Crippen molar-refractivity contribution in [3.63, 3.8) is 0 Å². The van der Waals surface area contributed by atoms with Gasteiger partial charge in [-0.1, -0.05) is 120 Å².